The molecular weight excluding hydrogens is 156 g/mol. The molecule has 0 heterocycles. The van der Waals surface area contributed by atoms with E-state index >= 15 is 0 Å². The van der Waals surface area contributed by atoms with E-state index in [0.717, 1.165) is 25.8 Å². The van der Waals surface area contributed by atoms with Crippen molar-refractivity contribution >= 4 is 12.3 Å². The van der Waals surface area contributed by atoms with Crippen LogP contribution in [0.15, 0.2) is 0 Å². The van der Waals surface area contributed by atoms with Crippen LogP contribution < -0.4 is 5.32 Å². The highest BCUT2D eigenvalue weighted by molar-refractivity contribution is 5.75. The zero-order valence-corrected chi connectivity index (χ0v) is 7.67. The maximum atomic E-state index is 10.7. The number of amides is 2. The summed E-state index contributed by atoms with van der Waals surface area (Å²) in [5.41, 5.74) is 0. The highest BCUT2D eigenvalue weighted by atomic mass is 16.1. The standard InChI is InChI=1S/C8H16N2O2/c1-9-8(12)5-3-4-6-10(2)7-11/h7H,3-6H2,1-2H3,(H,9,12). The lowest BCUT2D eigenvalue weighted by atomic mass is 10.2. The van der Waals surface area contributed by atoms with Gasteiger partial charge in [-0.15, -0.1) is 0 Å². The minimum Gasteiger partial charge on any atom is -0.359 e. The summed E-state index contributed by atoms with van der Waals surface area (Å²) in [7, 11) is 3.35. The molecule has 0 saturated heterocycles. The van der Waals surface area contributed by atoms with Gasteiger partial charge in [0.15, 0.2) is 0 Å². The molecule has 0 aromatic rings. The second-order valence-electron chi connectivity index (χ2n) is 2.72. The van der Waals surface area contributed by atoms with Crippen molar-refractivity contribution in [2.45, 2.75) is 19.3 Å². The van der Waals surface area contributed by atoms with E-state index in [0.29, 0.717) is 6.42 Å². The van der Waals surface area contributed by atoms with Crippen molar-refractivity contribution in [1.29, 1.82) is 0 Å². The molecule has 0 aliphatic heterocycles. The Morgan fingerprint density at radius 1 is 1.50 bits per heavy atom. The Labute approximate surface area is 72.9 Å². The maximum Gasteiger partial charge on any atom is 0.219 e. The normalized spacial score (nSPS) is 9.17. The molecule has 0 unspecified atom stereocenters. The second kappa shape index (κ2) is 6.64. The summed E-state index contributed by atoms with van der Waals surface area (Å²) in [6, 6.07) is 0. The fourth-order valence-electron chi connectivity index (χ4n) is 0.824. The van der Waals surface area contributed by atoms with Crippen LogP contribution >= 0.6 is 0 Å². The van der Waals surface area contributed by atoms with E-state index in [2.05, 4.69) is 5.32 Å². The third-order valence-corrected chi connectivity index (χ3v) is 1.62. The van der Waals surface area contributed by atoms with Gasteiger partial charge in [0.05, 0.1) is 0 Å². The zero-order chi connectivity index (χ0) is 9.40. The van der Waals surface area contributed by atoms with E-state index in [1.807, 2.05) is 0 Å². The molecule has 0 bridgehead atoms. The summed E-state index contributed by atoms with van der Waals surface area (Å²) < 4.78 is 0. The molecule has 0 aliphatic carbocycles. The Kier molecular flexibility index (Phi) is 6.05. The van der Waals surface area contributed by atoms with Gasteiger partial charge in [-0.2, -0.15) is 0 Å². The van der Waals surface area contributed by atoms with Crippen molar-refractivity contribution in [3.8, 4) is 0 Å². The minimum absolute atomic E-state index is 0.0590. The summed E-state index contributed by atoms with van der Waals surface area (Å²) >= 11 is 0. The van der Waals surface area contributed by atoms with Crippen molar-refractivity contribution in [3.63, 3.8) is 0 Å². The monoisotopic (exact) mass is 172 g/mol. The van der Waals surface area contributed by atoms with E-state index in [1.165, 1.54) is 0 Å². The highest BCUT2D eigenvalue weighted by Gasteiger charge is 1.98. The SMILES string of the molecule is CNC(=O)CCCCN(C)C=O. The molecular formula is C8H16N2O2. The van der Waals surface area contributed by atoms with Gasteiger partial charge in [-0.3, -0.25) is 9.59 Å². The smallest absolute Gasteiger partial charge is 0.219 e. The van der Waals surface area contributed by atoms with E-state index in [-0.39, 0.29) is 5.91 Å². The first-order chi connectivity index (χ1) is 5.70. The van der Waals surface area contributed by atoms with Crippen LogP contribution in [-0.2, 0) is 9.59 Å². The molecule has 0 spiro atoms. The maximum absolute atomic E-state index is 10.7. The van der Waals surface area contributed by atoms with Crippen LogP contribution in [0.2, 0.25) is 0 Å². The fourth-order valence-corrected chi connectivity index (χ4v) is 0.824. The molecule has 0 atom stereocenters. The van der Waals surface area contributed by atoms with E-state index < -0.39 is 0 Å². The number of carbonyl (C=O) groups excluding carboxylic acids is 2. The molecule has 0 aliphatic rings. The van der Waals surface area contributed by atoms with Gasteiger partial charge in [0.25, 0.3) is 0 Å². The number of nitrogens with one attached hydrogen (secondary N) is 1. The van der Waals surface area contributed by atoms with Crippen molar-refractivity contribution in [2.24, 2.45) is 0 Å². The minimum atomic E-state index is 0.0590. The van der Waals surface area contributed by atoms with Gasteiger partial charge < -0.3 is 10.2 Å². The van der Waals surface area contributed by atoms with Crippen molar-refractivity contribution in [1.82, 2.24) is 10.2 Å². The summed E-state index contributed by atoms with van der Waals surface area (Å²) in [4.78, 5) is 22.4. The lowest BCUT2D eigenvalue weighted by Crippen LogP contribution is -2.19. The molecule has 0 fully saturated rings. The first-order valence-electron chi connectivity index (χ1n) is 4.07. The lowest BCUT2D eigenvalue weighted by Gasteiger charge is -2.08. The van der Waals surface area contributed by atoms with Crippen molar-refractivity contribution < 1.29 is 9.59 Å². The molecule has 1 N–H and O–H groups in total. The number of nitrogens with zero attached hydrogens (tertiary/aromatic N) is 1. The summed E-state index contributed by atoms with van der Waals surface area (Å²) in [5.74, 6) is 0.0590. The third-order valence-electron chi connectivity index (χ3n) is 1.62. The number of hydrogen-bond acceptors (Lipinski definition) is 2. The van der Waals surface area contributed by atoms with Gasteiger partial charge in [0.2, 0.25) is 12.3 Å². The molecule has 0 saturated carbocycles. The van der Waals surface area contributed by atoms with Crippen LogP contribution in [0.3, 0.4) is 0 Å². The van der Waals surface area contributed by atoms with Gasteiger partial charge >= 0.3 is 0 Å². The van der Waals surface area contributed by atoms with Crippen LogP contribution in [0.5, 0.6) is 0 Å². The van der Waals surface area contributed by atoms with E-state index in [4.69, 9.17) is 0 Å². The third kappa shape index (κ3) is 5.70. The van der Waals surface area contributed by atoms with Crippen molar-refractivity contribution in [2.75, 3.05) is 20.6 Å². The molecule has 0 aromatic heterocycles. The average Bonchev–Trinajstić information content (AvgIpc) is 2.11. The quantitative estimate of drug-likeness (QED) is 0.452. The summed E-state index contributed by atoms with van der Waals surface area (Å²) in [5, 5.41) is 2.54. The Morgan fingerprint density at radius 2 is 2.17 bits per heavy atom. The fraction of sp³-hybridized carbons (Fsp3) is 0.750. The van der Waals surface area contributed by atoms with Gasteiger partial charge in [-0.25, -0.2) is 0 Å². The van der Waals surface area contributed by atoms with E-state index in [1.54, 1.807) is 19.0 Å². The summed E-state index contributed by atoms with van der Waals surface area (Å²) in [6.45, 7) is 0.723. The van der Waals surface area contributed by atoms with Gasteiger partial charge in [0.1, 0.15) is 0 Å². The van der Waals surface area contributed by atoms with Gasteiger partial charge in [-0.05, 0) is 12.8 Å². The Bertz CT molecular complexity index is 148. The van der Waals surface area contributed by atoms with Gasteiger partial charge in [0, 0.05) is 27.1 Å². The predicted octanol–water partition coefficient (Wildman–Crippen LogP) is -0.00910. The summed E-state index contributed by atoms with van der Waals surface area (Å²) in [6.07, 6.45) is 3.05. The highest BCUT2D eigenvalue weighted by Crippen LogP contribution is 1.95. The predicted molar refractivity (Wildman–Crippen MR) is 46.6 cm³/mol. The van der Waals surface area contributed by atoms with Gasteiger partial charge in [-0.1, -0.05) is 0 Å². The molecule has 12 heavy (non-hydrogen) atoms. The molecule has 2 amide bonds. The average molecular weight is 172 g/mol. The Morgan fingerprint density at radius 3 is 2.67 bits per heavy atom. The molecule has 0 radical (unpaired) electrons. The second-order valence-corrected chi connectivity index (χ2v) is 2.72. The molecule has 0 aromatic carbocycles. The number of rotatable bonds is 6. The van der Waals surface area contributed by atoms with Crippen LogP contribution in [0.4, 0.5) is 0 Å². The lowest BCUT2D eigenvalue weighted by molar-refractivity contribution is -0.120. The molecule has 0 rings (SSSR count). The molecule has 4 heteroatoms. The Hall–Kier alpha value is -1.06. The van der Waals surface area contributed by atoms with Crippen molar-refractivity contribution in [3.05, 3.63) is 0 Å². The number of carbonyl (C=O) groups is 2. The largest absolute Gasteiger partial charge is 0.359 e. The van der Waals surface area contributed by atoms with Crippen LogP contribution in [0, 0.1) is 0 Å². The number of hydrogen-bond donors (Lipinski definition) is 1. The first-order valence-corrected chi connectivity index (χ1v) is 4.07. The van der Waals surface area contributed by atoms with Crippen LogP contribution in [0.25, 0.3) is 0 Å². The first kappa shape index (κ1) is 10.9. The zero-order valence-electron chi connectivity index (χ0n) is 7.67. The molecule has 70 valence electrons. The topological polar surface area (TPSA) is 49.4 Å². The Balaban J connectivity index is 3.21. The van der Waals surface area contributed by atoms with Crippen LogP contribution in [-0.4, -0.2) is 37.9 Å². The van der Waals surface area contributed by atoms with E-state index in [9.17, 15) is 9.59 Å². The number of unbranched alkanes of at least 4 members (excludes halogenated alkanes) is 1. The van der Waals surface area contributed by atoms with Crippen LogP contribution in [0.1, 0.15) is 19.3 Å². The molecule has 4 nitrogen and oxygen atoms in total.